The van der Waals surface area contributed by atoms with Crippen molar-refractivity contribution in [2.24, 2.45) is 0 Å². The Kier molecular flexibility index (Phi) is 3.23. The molecule has 0 N–H and O–H groups in total. The number of aryl methyl sites for hydroxylation is 1. The fourth-order valence-corrected chi connectivity index (χ4v) is 2.69. The summed E-state index contributed by atoms with van der Waals surface area (Å²) in [6.45, 7) is 0. The normalized spacial score (nSPS) is 17.3. The Morgan fingerprint density at radius 2 is 2.38 bits per heavy atom. The number of hydrogen-bond donors (Lipinski definition) is 0. The van der Waals surface area contributed by atoms with Crippen molar-refractivity contribution in [2.45, 2.75) is 38.0 Å². The molecule has 0 atom stereocenters. The summed E-state index contributed by atoms with van der Waals surface area (Å²) in [5.74, 6) is 1.53. The van der Waals surface area contributed by atoms with Crippen LogP contribution < -0.4 is 0 Å². The van der Waals surface area contributed by atoms with E-state index < -0.39 is 0 Å². The minimum atomic E-state index is 0.746. The van der Waals surface area contributed by atoms with Crippen LogP contribution in [0.15, 0.2) is 5.38 Å². The Bertz CT molecular complexity index is 268. The molecule has 0 aliphatic heterocycles. The van der Waals surface area contributed by atoms with Crippen molar-refractivity contribution in [3.05, 3.63) is 16.1 Å². The molecule has 1 fully saturated rings. The lowest BCUT2D eigenvalue weighted by molar-refractivity contribution is 0.417. The van der Waals surface area contributed by atoms with Crippen molar-refractivity contribution in [1.29, 1.82) is 0 Å². The van der Waals surface area contributed by atoms with Gasteiger partial charge in [-0.2, -0.15) is 0 Å². The third-order valence-electron chi connectivity index (χ3n) is 2.59. The molecule has 0 spiro atoms. The van der Waals surface area contributed by atoms with Crippen LogP contribution in [0.25, 0.3) is 0 Å². The predicted octanol–water partition coefficient (Wildman–Crippen LogP) is 3.58. The molecule has 0 saturated heterocycles. The fraction of sp³-hybridized carbons (Fsp3) is 0.700. The first-order valence-electron chi connectivity index (χ1n) is 4.90. The van der Waals surface area contributed by atoms with Crippen LogP contribution in [0.3, 0.4) is 0 Å². The minimum Gasteiger partial charge on any atom is -0.246 e. The molecule has 1 aromatic rings. The maximum absolute atomic E-state index is 5.63. The van der Waals surface area contributed by atoms with Crippen molar-refractivity contribution in [2.75, 3.05) is 5.88 Å². The van der Waals surface area contributed by atoms with E-state index in [9.17, 15) is 0 Å². The summed E-state index contributed by atoms with van der Waals surface area (Å²) in [4.78, 5) is 4.63. The van der Waals surface area contributed by atoms with Crippen LogP contribution in [-0.2, 0) is 6.42 Å². The van der Waals surface area contributed by atoms with Gasteiger partial charge in [-0.25, -0.2) is 4.98 Å². The Balaban J connectivity index is 1.92. The van der Waals surface area contributed by atoms with Gasteiger partial charge < -0.3 is 0 Å². The molecule has 0 bridgehead atoms. The van der Waals surface area contributed by atoms with Crippen LogP contribution >= 0.6 is 22.9 Å². The van der Waals surface area contributed by atoms with E-state index in [4.69, 9.17) is 11.6 Å². The smallest absolute Gasteiger partial charge is 0.0959 e. The molecule has 1 aromatic heterocycles. The van der Waals surface area contributed by atoms with Gasteiger partial charge in [-0.3, -0.25) is 0 Å². The van der Waals surface area contributed by atoms with Crippen LogP contribution in [0.1, 0.15) is 42.3 Å². The lowest BCUT2D eigenvalue weighted by atomic mass is 9.86. The Morgan fingerprint density at radius 1 is 1.54 bits per heavy atom. The highest BCUT2D eigenvalue weighted by molar-refractivity contribution is 7.09. The van der Waals surface area contributed by atoms with E-state index in [1.807, 2.05) is 11.3 Å². The van der Waals surface area contributed by atoms with Crippen LogP contribution in [-0.4, -0.2) is 10.9 Å². The summed E-state index contributed by atoms with van der Waals surface area (Å²) in [5.41, 5.74) is 1.24. The summed E-state index contributed by atoms with van der Waals surface area (Å²) in [5, 5.41) is 3.55. The second-order valence-electron chi connectivity index (χ2n) is 3.60. The highest BCUT2D eigenvalue weighted by atomic mass is 35.5. The molecule has 1 aliphatic carbocycles. The molecule has 2 rings (SSSR count). The third-order valence-corrected chi connectivity index (χ3v) is 3.91. The second kappa shape index (κ2) is 4.43. The monoisotopic (exact) mass is 215 g/mol. The highest BCUT2D eigenvalue weighted by Crippen LogP contribution is 2.37. The second-order valence-corrected chi connectivity index (χ2v) is 4.87. The maximum atomic E-state index is 5.63. The number of rotatable bonds is 4. The zero-order chi connectivity index (χ0) is 9.10. The Labute approximate surface area is 88.1 Å². The summed E-state index contributed by atoms with van der Waals surface area (Å²) < 4.78 is 0. The van der Waals surface area contributed by atoms with Crippen LogP contribution in [0, 0.1) is 0 Å². The van der Waals surface area contributed by atoms with Gasteiger partial charge in [0.1, 0.15) is 0 Å². The molecule has 13 heavy (non-hydrogen) atoms. The summed E-state index contributed by atoms with van der Waals surface area (Å²) in [6.07, 6.45) is 6.19. The summed E-state index contributed by atoms with van der Waals surface area (Å²) in [6, 6.07) is 0. The highest BCUT2D eigenvalue weighted by Gasteiger charge is 2.22. The van der Waals surface area contributed by atoms with Gasteiger partial charge in [0.2, 0.25) is 0 Å². The van der Waals surface area contributed by atoms with Gasteiger partial charge in [0.15, 0.2) is 0 Å². The van der Waals surface area contributed by atoms with E-state index in [1.165, 1.54) is 30.0 Å². The quantitative estimate of drug-likeness (QED) is 0.700. The Hall–Kier alpha value is -0.0800. The zero-order valence-electron chi connectivity index (χ0n) is 7.63. The van der Waals surface area contributed by atoms with Gasteiger partial charge in [0.25, 0.3) is 0 Å². The topological polar surface area (TPSA) is 12.9 Å². The van der Waals surface area contributed by atoms with Crippen molar-refractivity contribution in [1.82, 2.24) is 4.98 Å². The van der Waals surface area contributed by atoms with E-state index in [2.05, 4.69) is 10.4 Å². The van der Waals surface area contributed by atoms with Gasteiger partial charge in [0.05, 0.1) is 10.7 Å². The van der Waals surface area contributed by atoms with Gasteiger partial charge in [-0.15, -0.1) is 22.9 Å². The minimum absolute atomic E-state index is 0.746. The molecule has 0 unspecified atom stereocenters. The molecule has 72 valence electrons. The lowest BCUT2D eigenvalue weighted by Gasteiger charge is -2.22. The van der Waals surface area contributed by atoms with Crippen molar-refractivity contribution < 1.29 is 0 Å². The maximum Gasteiger partial charge on any atom is 0.0959 e. The molecular weight excluding hydrogens is 202 g/mol. The van der Waals surface area contributed by atoms with E-state index in [0.29, 0.717) is 0 Å². The van der Waals surface area contributed by atoms with Gasteiger partial charge in [0, 0.05) is 17.2 Å². The van der Waals surface area contributed by atoms with Crippen LogP contribution in [0.5, 0.6) is 0 Å². The van der Waals surface area contributed by atoms with E-state index in [1.54, 1.807) is 0 Å². The summed E-state index contributed by atoms with van der Waals surface area (Å²) >= 11 is 7.46. The number of alkyl halides is 1. The van der Waals surface area contributed by atoms with Gasteiger partial charge in [-0.1, -0.05) is 6.42 Å². The molecule has 1 nitrogen and oxygen atoms in total. The SMILES string of the molecule is ClCCCc1csc(C2CCC2)n1. The number of halogens is 1. The van der Waals surface area contributed by atoms with Crippen molar-refractivity contribution in [3.63, 3.8) is 0 Å². The van der Waals surface area contributed by atoms with Crippen LogP contribution in [0.4, 0.5) is 0 Å². The Morgan fingerprint density at radius 3 is 3.00 bits per heavy atom. The van der Waals surface area contributed by atoms with Gasteiger partial charge in [-0.05, 0) is 25.7 Å². The molecule has 1 saturated carbocycles. The molecule has 0 amide bonds. The third kappa shape index (κ3) is 2.23. The number of thiazole rings is 1. The average molecular weight is 216 g/mol. The van der Waals surface area contributed by atoms with Crippen LogP contribution in [0.2, 0.25) is 0 Å². The average Bonchev–Trinajstić information content (AvgIpc) is 2.46. The fourth-order valence-electron chi connectivity index (χ4n) is 1.53. The largest absolute Gasteiger partial charge is 0.246 e. The predicted molar refractivity (Wildman–Crippen MR) is 57.7 cm³/mol. The van der Waals surface area contributed by atoms with Crippen molar-refractivity contribution in [3.8, 4) is 0 Å². The standard InChI is InChI=1S/C10H14ClNS/c11-6-2-5-9-7-13-10(12-9)8-3-1-4-8/h7-8H,1-6H2. The number of aromatic nitrogens is 1. The number of hydrogen-bond acceptors (Lipinski definition) is 2. The molecule has 3 heteroatoms. The van der Waals surface area contributed by atoms with E-state index in [0.717, 1.165) is 24.6 Å². The molecular formula is C10H14ClNS. The molecule has 0 aromatic carbocycles. The number of nitrogens with zero attached hydrogens (tertiary/aromatic N) is 1. The molecule has 1 aliphatic rings. The summed E-state index contributed by atoms with van der Waals surface area (Å²) in [7, 11) is 0. The first kappa shape index (κ1) is 9.47. The lowest BCUT2D eigenvalue weighted by Crippen LogP contribution is -2.08. The first-order chi connectivity index (χ1) is 6.40. The van der Waals surface area contributed by atoms with E-state index >= 15 is 0 Å². The first-order valence-corrected chi connectivity index (χ1v) is 6.32. The van der Waals surface area contributed by atoms with Crippen molar-refractivity contribution >= 4 is 22.9 Å². The van der Waals surface area contributed by atoms with Gasteiger partial charge >= 0.3 is 0 Å². The van der Waals surface area contributed by atoms with E-state index in [-0.39, 0.29) is 0 Å². The molecule has 1 heterocycles. The zero-order valence-corrected chi connectivity index (χ0v) is 9.20. The molecule has 0 radical (unpaired) electrons.